The van der Waals surface area contributed by atoms with Crippen LogP contribution in [-0.2, 0) is 14.6 Å². The summed E-state index contributed by atoms with van der Waals surface area (Å²) in [6.07, 6.45) is 3.99. The normalized spacial score (nSPS) is 23.2. The van der Waals surface area contributed by atoms with E-state index in [1.165, 1.54) is 6.26 Å². The first-order valence-corrected chi connectivity index (χ1v) is 9.87. The Kier molecular flexibility index (Phi) is 6.72. The number of hydrogen-bond acceptors (Lipinski definition) is 4. The van der Waals surface area contributed by atoms with E-state index in [1.807, 2.05) is 0 Å². The maximum atomic E-state index is 12.9. The van der Waals surface area contributed by atoms with E-state index in [1.54, 1.807) is 4.90 Å². The van der Waals surface area contributed by atoms with Gasteiger partial charge in [-0.25, -0.2) is 8.42 Å². The standard InChI is InChI=1S/C15H28N2O3S.ClH/c1-12(2)13-4-10-17(11-5-13)14(18)15(21(3,19)20)6-8-16-9-7-15;/h12-13,16H,4-11H2,1-3H3;1H. The van der Waals surface area contributed by atoms with Crippen molar-refractivity contribution in [3.05, 3.63) is 0 Å². The second-order valence-electron chi connectivity index (χ2n) is 6.89. The molecule has 130 valence electrons. The van der Waals surface area contributed by atoms with Gasteiger partial charge >= 0.3 is 0 Å². The van der Waals surface area contributed by atoms with Gasteiger partial charge in [-0.1, -0.05) is 13.8 Å². The smallest absolute Gasteiger partial charge is 0.244 e. The van der Waals surface area contributed by atoms with E-state index < -0.39 is 14.6 Å². The van der Waals surface area contributed by atoms with E-state index in [-0.39, 0.29) is 18.3 Å². The van der Waals surface area contributed by atoms with Crippen LogP contribution in [0.4, 0.5) is 0 Å². The summed E-state index contributed by atoms with van der Waals surface area (Å²) >= 11 is 0. The van der Waals surface area contributed by atoms with E-state index in [0.29, 0.717) is 50.9 Å². The van der Waals surface area contributed by atoms with E-state index in [0.717, 1.165) is 12.8 Å². The van der Waals surface area contributed by atoms with Crippen LogP contribution in [0.1, 0.15) is 39.5 Å². The minimum absolute atomic E-state index is 0. The third-order valence-corrected chi connectivity index (χ3v) is 7.28. The van der Waals surface area contributed by atoms with Crippen LogP contribution in [0.2, 0.25) is 0 Å². The summed E-state index contributed by atoms with van der Waals surface area (Å²) in [4.78, 5) is 14.7. The molecule has 1 N–H and O–H groups in total. The summed E-state index contributed by atoms with van der Waals surface area (Å²) in [5.74, 6) is 1.12. The van der Waals surface area contributed by atoms with Gasteiger partial charge in [0, 0.05) is 19.3 Å². The van der Waals surface area contributed by atoms with E-state index >= 15 is 0 Å². The van der Waals surface area contributed by atoms with Gasteiger partial charge in [-0.2, -0.15) is 0 Å². The molecule has 2 aliphatic heterocycles. The lowest BCUT2D eigenvalue weighted by atomic mass is 9.85. The number of halogens is 1. The van der Waals surface area contributed by atoms with Crippen molar-refractivity contribution in [3.8, 4) is 0 Å². The number of amides is 1. The molecule has 0 bridgehead atoms. The van der Waals surface area contributed by atoms with Crippen LogP contribution in [-0.4, -0.2) is 56.4 Å². The molecule has 0 aromatic rings. The van der Waals surface area contributed by atoms with Gasteiger partial charge in [0.25, 0.3) is 0 Å². The summed E-state index contributed by atoms with van der Waals surface area (Å²) < 4.78 is 23.4. The fraction of sp³-hybridized carbons (Fsp3) is 0.933. The van der Waals surface area contributed by atoms with E-state index in [4.69, 9.17) is 0 Å². The molecule has 0 spiro atoms. The molecule has 22 heavy (non-hydrogen) atoms. The molecule has 2 heterocycles. The highest BCUT2D eigenvalue weighted by molar-refractivity contribution is 7.92. The number of carbonyl (C=O) groups excluding carboxylic acids is 1. The lowest BCUT2D eigenvalue weighted by Crippen LogP contribution is -2.59. The van der Waals surface area contributed by atoms with Crippen molar-refractivity contribution in [2.45, 2.75) is 44.3 Å². The molecule has 0 aromatic carbocycles. The molecule has 1 amide bonds. The third kappa shape index (κ3) is 3.77. The van der Waals surface area contributed by atoms with Gasteiger partial charge in [-0.3, -0.25) is 4.79 Å². The summed E-state index contributed by atoms with van der Waals surface area (Å²) in [5.41, 5.74) is 0. The average molecular weight is 353 g/mol. The SMILES string of the molecule is CC(C)C1CCN(C(=O)C2(S(C)(=O)=O)CCNCC2)CC1.Cl. The molecule has 0 aliphatic carbocycles. The van der Waals surface area contributed by atoms with E-state index in [9.17, 15) is 13.2 Å². The fourth-order valence-corrected chi connectivity index (χ4v) is 5.02. The molecule has 2 fully saturated rings. The third-order valence-electron chi connectivity index (χ3n) is 5.28. The van der Waals surface area contributed by atoms with Crippen molar-refractivity contribution in [1.82, 2.24) is 10.2 Å². The Morgan fingerprint density at radius 2 is 1.68 bits per heavy atom. The van der Waals surface area contributed by atoms with Crippen molar-refractivity contribution in [2.75, 3.05) is 32.4 Å². The number of carbonyl (C=O) groups is 1. The highest BCUT2D eigenvalue weighted by Crippen LogP contribution is 2.32. The second-order valence-corrected chi connectivity index (χ2v) is 9.22. The first kappa shape index (κ1) is 19.7. The number of nitrogens with one attached hydrogen (secondary N) is 1. The number of hydrogen-bond donors (Lipinski definition) is 1. The molecule has 2 aliphatic rings. The summed E-state index contributed by atoms with van der Waals surface area (Å²) in [6.45, 7) is 7.03. The molecule has 0 saturated carbocycles. The predicted molar refractivity (Wildman–Crippen MR) is 91.1 cm³/mol. The van der Waals surface area contributed by atoms with Gasteiger partial charge in [0.1, 0.15) is 0 Å². The highest BCUT2D eigenvalue weighted by atomic mass is 35.5. The van der Waals surface area contributed by atoms with Crippen LogP contribution in [0.15, 0.2) is 0 Å². The minimum atomic E-state index is -3.40. The first-order chi connectivity index (χ1) is 9.78. The number of sulfone groups is 1. The Morgan fingerprint density at radius 3 is 2.09 bits per heavy atom. The van der Waals surface area contributed by atoms with Crippen molar-refractivity contribution >= 4 is 28.2 Å². The van der Waals surface area contributed by atoms with Crippen molar-refractivity contribution in [3.63, 3.8) is 0 Å². The zero-order chi connectivity index (χ0) is 15.7. The molecule has 0 aromatic heterocycles. The molecule has 0 unspecified atom stereocenters. The van der Waals surface area contributed by atoms with Crippen LogP contribution in [0.5, 0.6) is 0 Å². The van der Waals surface area contributed by atoms with Gasteiger partial charge in [0.2, 0.25) is 5.91 Å². The van der Waals surface area contributed by atoms with Crippen LogP contribution >= 0.6 is 12.4 Å². The van der Waals surface area contributed by atoms with E-state index in [2.05, 4.69) is 19.2 Å². The van der Waals surface area contributed by atoms with Crippen LogP contribution in [0, 0.1) is 11.8 Å². The maximum Gasteiger partial charge on any atom is 0.244 e. The van der Waals surface area contributed by atoms with Crippen LogP contribution in [0.3, 0.4) is 0 Å². The van der Waals surface area contributed by atoms with Crippen molar-refractivity contribution in [2.24, 2.45) is 11.8 Å². The largest absolute Gasteiger partial charge is 0.341 e. The Hall–Kier alpha value is -0.330. The fourth-order valence-electron chi connectivity index (χ4n) is 3.63. The maximum absolute atomic E-state index is 12.9. The Labute approximate surface area is 140 Å². The highest BCUT2D eigenvalue weighted by Gasteiger charge is 2.50. The molecular weight excluding hydrogens is 324 g/mol. The summed E-state index contributed by atoms with van der Waals surface area (Å²) in [7, 11) is -3.40. The summed E-state index contributed by atoms with van der Waals surface area (Å²) in [5, 5.41) is 3.16. The molecule has 5 nitrogen and oxygen atoms in total. The van der Waals surface area contributed by atoms with Crippen LogP contribution in [0.25, 0.3) is 0 Å². The Balaban J connectivity index is 0.00000242. The van der Waals surface area contributed by atoms with Gasteiger partial charge in [0.05, 0.1) is 0 Å². The van der Waals surface area contributed by atoms with Crippen LogP contribution < -0.4 is 5.32 Å². The molecule has 0 radical (unpaired) electrons. The Bertz CT molecular complexity index is 479. The number of piperidine rings is 2. The van der Waals surface area contributed by atoms with Gasteiger partial charge < -0.3 is 10.2 Å². The summed E-state index contributed by atoms with van der Waals surface area (Å²) in [6, 6.07) is 0. The van der Waals surface area contributed by atoms with Gasteiger partial charge in [-0.05, 0) is 50.6 Å². The second kappa shape index (κ2) is 7.49. The molecule has 2 saturated heterocycles. The van der Waals surface area contributed by atoms with Crippen molar-refractivity contribution < 1.29 is 13.2 Å². The Morgan fingerprint density at radius 1 is 1.18 bits per heavy atom. The average Bonchev–Trinajstić information content (AvgIpc) is 2.46. The monoisotopic (exact) mass is 352 g/mol. The van der Waals surface area contributed by atoms with Gasteiger partial charge in [-0.15, -0.1) is 12.4 Å². The first-order valence-electron chi connectivity index (χ1n) is 7.97. The zero-order valence-electron chi connectivity index (χ0n) is 13.8. The minimum Gasteiger partial charge on any atom is -0.341 e. The zero-order valence-corrected chi connectivity index (χ0v) is 15.4. The lowest BCUT2D eigenvalue weighted by molar-refractivity contribution is -0.136. The van der Waals surface area contributed by atoms with Gasteiger partial charge in [0.15, 0.2) is 14.6 Å². The quantitative estimate of drug-likeness (QED) is 0.835. The predicted octanol–water partition coefficient (Wildman–Crippen LogP) is 1.47. The molecular formula is C15H29ClN2O3S. The number of likely N-dealkylation sites (tertiary alicyclic amines) is 1. The van der Waals surface area contributed by atoms with Crippen molar-refractivity contribution in [1.29, 1.82) is 0 Å². The topological polar surface area (TPSA) is 66.5 Å². The number of nitrogens with zero attached hydrogens (tertiary/aromatic N) is 1. The number of rotatable bonds is 3. The lowest BCUT2D eigenvalue weighted by Gasteiger charge is -2.41. The molecule has 2 rings (SSSR count). The molecule has 0 atom stereocenters. The molecule has 7 heteroatoms.